The summed E-state index contributed by atoms with van der Waals surface area (Å²) in [5.74, 6) is -1.78. The molecule has 1 fully saturated rings. The van der Waals surface area contributed by atoms with Crippen molar-refractivity contribution in [3.8, 4) is 5.75 Å². The molecule has 1 N–H and O–H groups in total. The van der Waals surface area contributed by atoms with Crippen LogP contribution in [0.1, 0.15) is 69.0 Å². The van der Waals surface area contributed by atoms with E-state index in [0.717, 1.165) is 28.0 Å². The molecule has 45 heavy (non-hydrogen) atoms. The van der Waals surface area contributed by atoms with Gasteiger partial charge in [0.25, 0.3) is 5.78 Å². The molecule has 1 saturated heterocycles. The summed E-state index contributed by atoms with van der Waals surface area (Å²) in [5, 5.41) is 11.7. The number of hydrogen-bond donors (Lipinski definition) is 1. The van der Waals surface area contributed by atoms with Gasteiger partial charge in [0.05, 0.1) is 17.3 Å². The number of aromatic nitrogens is 1. The first-order chi connectivity index (χ1) is 21.6. The van der Waals surface area contributed by atoms with Crippen LogP contribution in [0.15, 0.2) is 91.0 Å². The molecule has 1 aliphatic heterocycles. The summed E-state index contributed by atoms with van der Waals surface area (Å²) in [4.78, 5) is 45.8. The van der Waals surface area contributed by atoms with E-state index in [0.29, 0.717) is 29.2 Å². The fraction of sp³-hybridized carbons (Fsp3) is 0.222. The lowest BCUT2D eigenvalue weighted by atomic mass is 9.93. The number of aliphatic hydroxyl groups is 1. The molecule has 9 heteroatoms. The lowest BCUT2D eigenvalue weighted by molar-refractivity contribution is -0.132. The third-order valence-electron chi connectivity index (χ3n) is 7.66. The number of carbonyl (C=O) groups is 3. The Morgan fingerprint density at radius 2 is 1.73 bits per heavy atom. The number of benzene rings is 3. The lowest BCUT2D eigenvalue weighted by Crippen LogP contribution is -2.29. The van der Waals surface area contributed by atoms with Gasteiger partial charge in [0.15, 0.2) is 5.13 Å². The number of Topliss-reactive ketones (excluding diaryl/α,β-unsaturated/α-hetero) is 1. The number of thiazole rings is 1. The molecule has 1 aliphatic rings. The van der Waals surface area contributed by atoms with Crippen LogP contribution < -0.4 is 9.64 Å². The van der Waals surface area contributed by atoms with Gasteiger partial charge in [-0.1, -0.05) is 86.4 Å². The maximum atomic E-state index is 13.6. The molecule has 0 radical (unpaired) electrons. The minimum absolute atomic E-state index is 0.0218. The Bertz CT molecular complexity index is 1790. The molecule has 230 valence electrons. The standard InChI is InChI=1S/C36H34N2O6S/c1-6-19-43-35(42)33-23(5)37-36(45-33)38-30(25-13-11-24(12-14-25)21(2)3)29(32(40)34(38)41)31(39)26-15-17-28(18-16-26)44-20-27-10-8-7-9-22(27)4/h6-18,21,30,39H,1,19-20H2,2-5H3/b31-29+. The summed E-state index contributed by atoms with van der Waals surface area (Å²) < 4.78 is 11.1. The molecule has 8 nitrogen and oxygen atoms in total. The molecule has 4 aromatic rings. The average Bonchev–Trinajstić information content (AvgIpc) is 3.55. The van der Waals surface area contributed by atoms with Crippen molar-refractivity contribution < 1.29 is 29.0 Å². The SMILES string of the molecule is C=CCOC(=O)c1sc(N2C(=O)C(=O)/C(=C(/O)c3ccc(OCc4ccccc4C)cc3)C2c2ccc(C(C)C)cc2)nc1C. The Hall–Kier alpha value is -5.02. The van der Waals surface area contributed by atoms with Crippen LogP contribution in [-0.4, -0.2) is 34.4 Å². The van der Waals surface area contributed by atoms with Crippen molar-refractivity contribution in [1.82, 2.24) is 4.98 Å². The summed E-state index contributed by atoms with van der Waals surface area (Å²) in [5.41, 5.74) is 4.51. The molecule has 0 aliphatic carbocycles. The number of esters is 1. The Morgan fingerprint density at radius 1 is 1.04 bits per heavy atom. The predicted molar refractivity (Wildman–Crippen MR) is 175 cm³/mol. The highest BCUT2D eigenvalue weighted by molar-refractivity contribution is 7.17. The van der Waals surface area contributed by atoms with Gasteiger partial charge in [-0.25, -0.2) is 9.78 Å². The first-order valence-corrected chi connectivity index (χ1v) is 15.4. The Balaban J connectivity index is 1.53. The Labute approximate surface area is 266 Å². The highest BCUT2D eigenvalue weighted by Gasteiger charge is 2.48. The minimum Gasteiger partial charge on any atom is -0.507 e. The van der Waals surface area contributed by atoms with Crippen molar-refractivity contribution in [2.45, 2.75) is 46.3 Å². The van der Waals surface area contributed by atoms with Crippen molar-refractivity contribution in [2.24, 2.45) is 0 Å². The monoisotopic (exact) mass is 622 g/mol. The molecule has 3 aromatic carbocycles. The number of ether oxygens (including phenoxy) is 2. The van der Waals surface area contributed by atoms with E-state index in [4.69, 9.17) is 9.47 Å². The second kappa shape index (κ2) is 13.3. The van der Waals surface area contributed by atoms with E-state index in [-0.39, 0.29) is 33.9 Å². The van der Waals surface area contributed by atoms with Crippen LogP contribution in [0.4, 0.5) is 5.13 Å². The number of aliphatic hydroxyl groups excluding tert-OH is 1. The van der Waals surface area contributed by atoms with Gasteiger partial charge in [0.1, 0.15) is 29.6 Å². The van der Waals surface area contributed by atoms with E-state index in [1.165, 1.54) is 11.0 Å². The molecular formula is C36H34N2O6S. The van der Waals surface area contributed by atoms with E-state index in [1.54, 1.807) is 31.2 Å². The first kappa shape index (κ1) is 31.4. The molecule has 0 saturated carbocycles. The quantitative estimate of drug-likeness (QED) is 0.0645. The molecule has 0 spiro atoms. The van der Waals surface area contributed by atoms with Crippen molar-refractivity contribution in [3.63, 3.8) is 0 Å². The van der Waals surface area contributed by atoms with Crippen LogP contribution in [0.25, 0.3) is 5.76 Å². The average molecular weight is 623 g/mol. The van der Waals surface area contributed by atoms with Gasteiger partial charge in [0, 0.05) is 5.56 Å². The molecule has 1 aromatic heterocycles. The smallest absolute Gasteiger partial charge is 0.350 e. The summed E-state index contributed by atoms with van der Waals surface area (Å²) in [6.45, 7) is 11.8. The molecule has 1 amide bonds. The van der Waals surface area contributed by atoms with Gasteiger partial charge in [-0.05, 0) is 66.3 Å². The summed E-state index contributed by atoms with van der Waals surface area (Å²) in [6.07, 6.45) is 1.46. The highest BCUT2D eigenvalue weighted by Crippen LogP contribution is 2.44. The van der Waals surface area contributed by atoms with Gasteiger partial charge >= 0.3 is 11.9 Å². The zero-order chi connectivity index (χ0) is 32.2. The van der Waals surface area contributed by atoms with Gasteiger partial charge in [-0.3, -0.25) is 14.5 Å². The summed E-state index contributed by atoms with van der Waals surface area (Å²) >= 11 is 0.956. The van der Waals surface area contributed by atoms with E-state index in [9.17, 15) is 19.5 Å². The van der Waals surface area contributed by atoms with E-state index in [1.807, 2.05) is 55.5 Å². The highest BCUT2D eigenvalue weighted by atomic mass is 32.1. The molecule has 0 bridgehead atoms. The number of rotatable bonds is 10. The number of amides is 1. The van der Waals surface area contributed by atoms with E-state index >= 15 is 0 Å². The van der Waals surface area contributed by atoms with Gasteiger partial charge in [-0.15, -0.1) is 0 Å². The number of aryl methyl sites for hydroxylation is 2. The number of carbonyl (C=O) groups excluding carboxylic acids is 3. The van der Waals surface area contributed by atoms with Crippen molar-refractivity contribution >= 4 is 39.9 Å². The molecule has 1 atom stereocenters. The normalized spacial score (nSPS) is 15.8. The van der Waals surface area contributed by atoms with Crippen LogP contribution in [-0.2, 0) is 20.9 Å². The zero-order valence-corrected chi connectivity index (χ0v) is 26.4. The predicted octanol–water partition coefficient (Wildman–Crippen LogP) is 7.43. The molecular weight excluding hydrogens is 588 g/mol. The number of hydrogen-bond acceptors (Lipinski definition) is 8. The zero-order valence-electron chi connectivity index (χ0n) is 25.6. The van der Waals surface area contributed by atoms with Crippen molar-refractivity contribution in [1.29, 1.82) is 0 Å². The van der Waals surface area contributed by atoms with Gasteiger partial charge < -0.3 is 14.6 Å². The molecule has 2 heterocycles. The second-order valence-corrected chi connectivity index (χ2v) is 12.0. The first-order valence-electron chi connectivity index (χ1n) is 14.5. The van der Waals surface area contributed by atoms with Crippen LogP contribution in [0.5, 0.6) is 5.75 Å². The molecule has 5 rings (SSSR count). The maximum Gasteiger partial charge on any atom is 0.350 e. The topological polar surface area (TPSA) is 106 Å². The minimum atomic E-state index is -0.981. The van der Waals surface area contributed by atoms with Crippen molar-refractivity contribution in [3.05, 3.63) is 129 Å². The van der Waals surface area contributed by atoms with Crippen molar-refractivity contribution in [2.75, 3.05) is 11.5 Å². The Kier molecular flexibility index (Phi) is 9.29. The summed E-state index contributed by atoms with van der Waals surface area (Å²) in [7, 11) is 0. The largest absolute Gasteiger partial charge is 0.507 e. The van der Waals surface area contributed by atoms with E-state index < -0.39 is 23.7 Å². The number of ketones is 1. The number of anilines is 1. The van der Waals surface area contributed by atoms with Crippen LogP contribution >= 0.6 is 11.3 Å². The fourth-order valence-corrected chi connectivity index (χ4v) is 6.07. The van der Waals surface area contributed by atoms with Gasteiger partial charge in [0.2, 0.25) is 0 Å². The maximum absolute atomic E-state index is 13.6. The summed E-state index contributed by atoms with van der Waals surface area (Å²) in [6, 6.07) is 21.2. The van der Waals surface area contributed by atoms with Gasteiger partial charge in [-0.2, -0.15) is 0 Å². The number of nitrogens with zero attached hydrogens (tertiary/aromatic N) is 2. The third-order valence-corrected chi connectivity index (χ3v) is 8.79. The third kappa shape index (κ3) is 6.44. The molecule has 1 unspecified atom stereocenters. The van der Waals surface area contributed by atoms with Crippen LogP contribution in [0, 0.1) is 13.8 Å². The Morgan fingerprint density at radius 3 is 2.38 bits per heavy atom. The van der Waals surface area contributed by atoms with Crippen LogP contribution in [0.2, 0.25) is 0 Å². The lowest BCUT2D eigenvalue weighted by Gasteiger charge is -2.23. The van der Waals surface area contributed by atoms with Crippen LogP contribution in [0.3, 0.4) is 0 Å². The van der Waals surface area contributed by atoms with E-state index in [2.05, 4.69) is 25.4 Å². The fourth-order valence-electron chi connectivity index (χ4n) is 5.08. The second-order valence-electron chi connectivity index (χ2n) is 11.0.